The molecule has 1 atom stereocenters. The van der Waals surface area contributed by atoms with Gasteiger partial charge in [0, 0.05) is 42.5 Å². The molecule has 4 N–H and O–H groups in total. The number of fused-ring (bicyclic) bond motifs is 3. The Morgan fingerprint density at radius 1 is 1.32 bits per heavy atom. The third-order valence-corrected chi connectivity index (χ3v) is 6.40. The largest absolute Gasteiger partial charge is 0.491 e. The van der Waals surface area contributed by atoms with E-state index in [2.05, 4.69) is 15.3 Å². The Morgan fingerprint density at radius 3 is 2.97 bits per heavy atom. The number of hydrogen-bond donors (Lipinski definition) is 4. The summed E-state index contributed by atoms with van der Waals surface area (Å²) in [6, 6.07) is 6.83. The van der Waals surface area contributed by atoms with Gasteiger partial charge in [0.25, 0.3) is 0 Å². The highest BCUT2D eigenvalue weighted by molar-refractivity contribution is 8.13. The standard InChI is InChI=1S/C24H26FN7OS/c1-29-12-16(11-26)15-9-19(25)23(27)32(14-15)24(28)34-17-5-6-20-18(10-17)22-21(13-31-20)30-7-3-2-4-8-33-22/h5-6,9-14,16,26-28,30H,2-4,7-8H2,1H3. The van der Waals surface area contributed by atoms with Gasteiger partial charge >= 0.3 is 0 Å². The molecule has 4 rings (SSSR count). The summed E-state index contributed by atoms with van der Waals surface area (Å²) in [5.74, 6) is -0.557. The van der Waals surface area contributed by atoms with Crippen LogP contribution in [-0.4, -0.2) is 47.3 Å². The van der Waals surface area contributed by atoms with E-state index in [-0.39, 0.29) is 5.17 Å². The molecule has 3 heterocycles. The van der Waals surface area contributed by atoms with Gasteiger partial charge < -0.3 is 15.5 Å². The average Bonchev–Trinajstić information content (AvgIpc) is 2.96. The van der Waals surface area contributed by atoms with E-state index < -0.39 is 17.2 Å². The average molecular weight is 480 g/mol. The first-order chi connectivity index (χ1) is 16.5. The second-order valence-corrected chi connectivity index (χ2v) is 8.92. The van der Waals surface area contributed by atoms with Crippen LogP contribution in [0.1, 0.15) is 30.7 Å². The molecule has 0 bridgehead atoms. The number of benzene rings is 1. The number of nitrogens with zero attached hydrogens (tertiary/aromatic N) is 3. The Kier molecular flexibility index (Phi) is 7.36. The summed E-state index contributed by atoms with van der Waals surface area (Å²) in [6.07, 6.45) is 9.10. The Labute approximate surface area is 200 Å². The predicted octanol–water partition coefficient (Wildman–Crippen LogP) is 4.64. The first kappa shape index (κ1) is 23.6. The predicted molar refractivity (Wildman–Crippen MR) is 135 cm³/mol. The molecule has 3 aromatic rings. The maximum Gasteiger partial charge on any atom is 0.171 e. The van der Waals surface area contributed by atoms with Gasteiger partial charge in [-0.3, -0.25) is 25.4 Å². The van der Waals surface area contributed by atoms with Crippen molar-refractivity contribution in [3.05, 3.63) is 53.5 Å². The van der Waals surface area contributed by atoms with E-state index in [0.717, 1.165) is 71.0 Å². The highest BCUT2D eigenvalue weighted by Crippen LogP contribution is 2.36. The third kappa shape index (κ3) is 5.01. The van der Waals surface area contributed by atoms with Gasteiger partial charge in [-0.2, -0.15) is 0 Å². The number of thioether (sulfide) groups is 1. The van der Waals surface area contributed by atoms with Crippen LogP contribution in [0, 0.1) is 22.0 Å². The van der Waals surface area contributed by atoms with Crippen molar-refractivity contribution < 1.29 is 9.13 Å². The molecule has 1 unspecified atom stereocenters. The molecule has 8 nitrogen and oxygen atoms in total. The number of ether oxygens (including phenoxy) is 1. The molecule has 1 aliphatic rings. The van der Waals surface area contributed by atoms with Gasteiger partial charge in [-0.15, -0.1) is 0 Å². The molecular weight excluding hydrogens is 453 g/mol. The summed E-state index contributed by atoms with van der Waals surface area (Å²) in [5, 5.41) is 28.5. The highest BCUT2D eigenvalue weighted by atomic mass is 32.2. The lowest BCUT2D eigenvalue weighted by molar-refractivity contribution is 0.313. The maximum atomic E-state index is 14.5. The molecule has 0 fully saturated rings. The lowest BCUT2D eigenvalue weighted by atomic mass is 10.0. The van der Waals surface area contributed by atoms with Gasteiger partial charge in [0.2, 0.25) is 0 Å². The first-order valence-electron chi connectivity index (χ1n) is 11.0. The fourth-order valence-corrected chi connectivity index (χ4v) is 4.54. The van der Waals surface area contributed by atoms with Crippen molar-refractivity contribution >= 4 is 45.9 Å². The van der Waals surface area contributed by atoms with Crippen LogP contribution in [0.2, 0.25) is 0 Å². The summed E-state index contributed by atoms with van der Waals surface area (Å²) in [5.41, 5.74) is 1.65. The Hall–Kier alpha value is -3.53. The molecule has 0 spiro atoms. The van der Waals surface area contributed by atoms with Gasteiger partial charge in [0.05, 0.1) is 29.9 Å². The van der Waals surface area contributed by atoms with E-state index in [1.165, 1.54) is 23.0 Å². The van der Waals surface area contributed by atoms with E-state index in [1.807, 2.05) is 18.2 Å². The Morgan fingerprint density at radius 2 is 2.18 bits per heavy atom. The molecular formula is C24H26FN7OS. The quantitative estimate of drug-likeness (QED) is 0.247. The number of halogens is 1. The molecule has 34 heavy (non-hydrogen) atoms. The van der Waals surface area contributed by atoms with Crippen molar-refractivity contribution in [3.8, 4) is 5.75 Å². The number of nitrogens with one attached hydrogen (secondary N) is 4. The summed E-state index contributed by atoms with van der Waals surface area (Å²) in [7, 11) is 1.58. The molecule has 0 amide bonds. The monoisotopic (exact) mass is 479 g/mol. The molecule has 0 radical (unpaired) electrons. The van der Waals surface area contributed by atoms with E-state index in [0.29, 0.717) is 12.2 Å². The van der Waals surface area contributed by atoms with Crippen molar-refractivity contribution in [2.45, 2.75) is 30.1 Å². The summed E-state index contributed by atoms with van der Waals surface area (Å²) >= 11 is 1.11. The minimum absolute atomic E-state index is 0.0371. The second-order valence-electron chi connectivity index (χ2n) is 7.86. The third-order valence-electron chi connectivity index (χ3n) is 5.52. The molecule has 1 aliphatic heterocycles. The zero-order chi connectivity index (χ0) is 24.1. The van der Waals surface area contributed by atoms with Crippen LogP contribution in [0.15, 0.2) is 46.5 Å². The zero-order valence-electron chi connectivity index (χ0n) is 18.8. The van der Waals surface area contributed by atoms with Gasteiger partial charge in [0.1, 0.15) is 0 Å². The zero-order valence-corrected chi connectivity index (χ0v) is 19.6. The van der Waals surface area contributed by atoms with Crippen LogP contribution in [-0.2, 0) is 0 Å². The molecule has 0 aliphatic carbocycles. The van der Waals surface area contributed by atoms with Crippen molar-refractivity contribution in [1.82, 2.24) is 9.55 Å². The minimum Gasteiger partial charge on any atom is -0.491 e. The molecule has 2 aromatic heterocycles. The molecule has 176 valence electrons. The molecule has 1 aromatic carbocycles. The van der Waals surface area contributed by atoms with E-state index >= 15 is 0 Å². The lowest BCUT2D eigenvalue weighted by Crippen LogP contribution is -2.28. The summed E-state index contributed by atoms with van der Waals surface area (Å²) < 4.78 is 21.8. The normalized spacial score (nSPS) is 14.9. The smallest absolute Gasteiger partial charge is 0.171 e. The Bertz CT molecular complexity index is 1320. The van der Waals surface area contributed by atoms with Crippen molar-refractivity contribution in [2.24, 2.45) is 4.99 Å². The highest BCUT2D eigenvalue weighted by Gasteiger charge is 2.16. The van der Waals surface area contributed by atoms with Crippen LogP contribution in [0.3, 0.4) is 0 Å². The number of pyridine rings is 2. The van der Waals surface area contributed by atoms with Gasteiger partial charge in [0.15, 0.2) is 22.2 Å². The second kappa shape index (κ2) is 10.6. The molecule has 10 heteroatoms. The van der Waals surface area contributed by atoms with Crippen molar-refractivity contribution in [3.63, 3.8) is 0 Å². The number of anilines is 1. The Balaban J connectivity index is 1.69. The number of aliphatic imine (C=N–C) groups is 1. The van der Waals surface area contributed by atoms with E-state index in [9.17, 15) is 4.39 Å². The maximum absolute atomic E-state index is 14.5. The topological polar surface area (TPSA) is 123 Å². The van der Waals surface area contributed by atoms with Crippen molar-refractivity contribution in [1.29, 1.82) is 16.2 Å². The fourth-order valence-electron chi connectivity index (χ4n) is 3.76. The van der Waals surface area contributed by atoms with E-state index in [1.54, 1.807) is 13.2 Å². The number of hydrogen-bond acceptors (Lipinski definition) is 8. The van der Waals surface area contributed by atoms with Gasteiger partial charge in [-0.1, -0.05) is 11.8 Å². The minimum atomic E-state index is -0.765. The molecule has 0 saturated carbocycles. The number of aromatic nitrogens is 2. The summed E-state index contributed by atoms with van der Waals surface area (Å²) in [6.45, 7) is 1.48. The van der Waals surface area contributed by atoms with E-state index in [4.69, 9.17) is 21.0 Å². The van der Waals surface area contributed by atoms with Crippen LogP contribution in [0.5, 0.6) is 5.75 Å². The first-order valence-corrected chi connectivity index (χ1v) is 11.8. The summed E-state index contributed by atoms with van der Waals surface area (Å²) in [4.78, 5) is 9.20. The number of rotatable bonds is 4. The van der Waals surface area contributed by atoms with Gasteiger partial charge in [-0.25, -0.2) is 4.39 Å². The van der Waals surface area contributed by atoms with Gasteiger partial charge in [-0.05, 0) is 49.1 Å². The van der Waals surface area contributed by atoms with Crippen LogP contribution in [0.4, 0.5) is 10.1 Å². The molecule has 0 saturated heterocycles. The SMILES string of the molecule is CN=CC(C=N)c1cc(F)c(=N)n(C(=N)Sc2ccc3ncc4c(c3c2)OCCCCCN4)c1. The fraction of sp³-hybridized carbons (Fsp3) is 0.292. The lowest BCUT2D eigenvalue weighted by Gasteiger charge is -2.15. The van der Waals surface area contributed by atoms with Crippen molar-refractivity contribution in [2.75, 3.05) is 25.5 Å². The van der Waals surface area contributed by atoms with Crippen LogP contribution < -0.4 is 15.5 Å². The van der Waals surface area contributed by atoms with Crippen LogP contribution >= 0.6 is 11.8 Å². The van der Waals surface area contributed by atoms with Crippen LogP contribution in [0.25, 0.3) is 10.9 Å².